The molecule has 1 aliphatic rings. The summed E-state index contributed by atoms with van der Waals surface area (Å²) < 4.78 is 5.51. The summed E-state index contributed by atoms with van der Waals surface area (Å²) in [5.74, 6) is 2.19. The van der Waals surface area contributed by atoms with E-state index >= 15 is 0 Å². The topological polar surface area (TPSA) is 29.5 Å². The molecule has 0 radical (unpaired) electrons. The molecule has 1 fully saturated rings. The zero-order valence-electron chi connectivity index (χ0n) is 11.8. The highest BCUT2D eigenvalue weighted by Crippen LogP contribution is 2.32. The van der Waals surface area contributed by atoms with Crippen molar-refractivity contribution < 1.29 is 9.84 Å². The van der Waals surface area contributed by atoms with Gasteiger partial charge in [-0.3, -0.25) is 0 Å². The van der Waals surface area contributed by atoms with Gasteiger partial charge in [-0.1, -0.05) is 38.0 Å². The van der Waals surface area contributed by atoms with Crippen molar-refractivity contribution in [1.82, 2.24) is 0 Å². The number of allylic oxidation sites excluding steroid dienone is 4. The quantitative estimate of drug-likeness (QED) is 0.441. The SMILES string of the molecule is C/C=C\C(=C/C)OCC(O)/C=C/[C@@H]1CCCC1C. The molecule has 2 nitrogen and oxygen atoms in total. The molecule has 1 saturated carbocycles. The molecular weight excluding hydrogens is 224 g/mol. The summed E-state index contributed by atoms with van der Waals surface area (Å²) in [6.45, 7) is 6.49. The smallest absolute Gasteiger partial charge is 0.118 e. The summed E-state index contributed by atoms with van der Waals surface area (Å²) in [7, 11) is 0. The maximum atomic E-state index is 9.85. The fourth-order valence-corrected chi connectivity index (χ4v) is 2.36. The lowest BCUT2D eigenvalue weighted by molar-refractivity contribution is 0.106. The van der Waals surface area contributed by atoms with Crippen LogP contribution in [0.1, 0.15) is 40.0 Å². The minimum atomic E-state index is -0.516. The first kappa shape index (κ1) is 15.0. The zero-order chi connectivity index (χ0) is 13.4. The summed E-state index contributed by atoms with van der Waals surface area (Å²) in [4.78, 5) is 0. The molecule has 0 aromatic heterocycles. The van der Waals surface area contributed by atoms with Crippen LogP contribution in [0.3, 0.4) is 0 Å². The number of rotatable bonds is 6. The van der Waals surface area contributed by atoms with Gasteiger partial charge < -0.3 is 9.84 Å². The van der Waals surface area contributed by atoms with Crippen molar-refractivity contribution in [2.45, 2.75) is 46.1 Å². The van der Waals surface area contributed by atoms with Gasteiger partial charge in [0.15, 0.2) is 0 Å². The molecule has 0 spiro atoms. The minimum Gasteiger partial charge on any atom is -0.491 e. The average molecular weight is 250 g/mol. The van der Waals surface area contributed by atoms with E-state index in [1.165, 1.54) is 19.3 Å². The van der Waals surface area contributed by atoms with Gasteiger partial charge in [-0.15, -0.1) is 0 Å². The van der Waals surface area contributed by atoms with Gasteiger partial charge in [-0.25, -0.2) is 0 Å². The van der Waals surface area contributed by atoms with Crippen molar-refractivity contribution in [2.24, 2.45) is 11.8 Å². The molecule has 0 aromatic rings. The Bertz CT molecular complexity index is 315. The molecule has 0 aromatic carbocycles. The van der Waals surface area contributed by atoms with E-state index < -0.39 is 6.10 Å². The first-order valence-corrected chi connectivity index (χ1v) is 6.95. The summed E-state index contributed by atoms with van der Waals surface area (Å²) in [6, 6.07) is 0. The highest BCUT2D eigenvalue weighted by molar-refractivity contribution is 5.10. The van der Waals surface area contributed by atoms with Crippen molar-refractivity contribution in [2.75, 3.05) is 6.61 Å². The maximum Gasteiger partial charge on any atom is 0.118 e. The van der Waals surface area contributed by atoms with Crippen LogP contribution in [0.2, 0.25) is 0 Å². The lowest BCUT2D eigenvalue weighted by atomic mass is 9.97. The summed E-state index contributed by atoms with van der Waals surface area (Å²) >= 11 is 0. The van der Waals surface area contributed by atoms with Gasteiger partial charge in [0, 0.05) is 0 Å². The second-order valence-corrected chi connectivity index (χ2v) is 5.03. The molecule has 0 saturated heterocycles. The van der Waals surface area contributed by atoms with E-state index in [-0.39, 0.29) is 0 Å². The van der Waals surface area contributed by atoms with Crippen molar-refractivity contribution in [1.29, 1.82) is 0 Å². The molecule has 0 bridgehead atoms. The van der Waals surface area contributed by atoms with Crippen LogP contribution in [0.15, 0.2) is 36.1 Å². The van der Waals surface area contributed by atoms with Crippen molar-refractivity contribution >= 4 is 0 Å². The lowest BCUT2D eigenvalue weighted by Gasteiger charge is -2.12. The Morgan fingerprint density at radius 3 is 2.72 bits per heavy atom. The molecule has 18 heavy (non-hydrogen) atoms. The van der Waals surface area contributed by atoms with Crippen molar-refractivity contribution in [3.05, 3.63) is 36.1 Å². The molecule has 1 rings (SSSR count). The summed E-state index contributed by atoms with van der Waals surface area (Å²) in [6.07, 6.45) is 13.1. The Balaban J connectivity index is 2.32. The Labute approximate surface area is 111 Å². The molecule has 0 aliphatic heterocycles. The van der Waals surface area contributed by atoms with E-state index in [1.807, 2.05) is 38.2 Å². The van der Waals surface area contributed by atoms with Crippen LogP contribution in [0.25, 0.3) is 0 Å². The molecule has 1 N–H and O–H groups in total. The van der Waals surface area contributed by atoms with E-state index in [0.29, 0.717) is 12.5 Å². The molecular formula is C16H26O2. The summed E-state index contributed by atoms with van der Waals surface area (Å²) in [5.41, 5.74) is 0. The molecule has 2 unspecified atom stereocenters. The van der Waals surface area contributed by atoms with Gasteiger partial charge in [-0.2, -0.15) is 0 Å². The number of hydrogen-bond acceptors (Lipinski definition) is 2. The van der Waals surface area contributed by atoms with Crippen LogP contribution in [0.4, 0.5) is 0 Å². The second kappa shape index (κ2) is 8.15. The number of aliphatic hydroxyl groups is 1. The van der Waals surface area contributed by atoms with Gasteiger partial charge in [-0.05, 0) is 44.3 Å². The minimum absolute atomic E-state index is 0.321. The second-order valence-electron chi connectivity index (χ2n) is 5.03. The van der Waals surface area contributed by atoms with Crippen LogP contribution in [-0.4, -0.2) is 17.8 Å². The highest BCUT2D eigenvalue weighted by atomic mass is 16.5. The van der Waals surface area contributed by atoms with Crippen molar-refractivity contribution in [3.8, 4) is 0 Å². The monoisotopic (exact) mass is 250 g/mol. The lowest BCUT2D eigenvalue weighted by Crippen LogP contribution is -2.12. The van der Waals surface area contributed by atoms with Gasteiger partial charge in [0.25, 0.3) is 0 Å². The maximum absolute atomic E-state index is 9.85. The first-order valence-electron chi connectivity index (χ1n) is 6.95. The molecule has 3 atom stereocenters. The van der Waals surface area contributed by atoms with E-state index in [0.717, 1.165) is 11.7 Å². The zero-order valence-corrected chi connectivity index (χ0v) is 11.8. The Kier molecular flexibility index (Phi) is 6.81. The Morgan fingerprint density at radius 1 is 1.39 bits per heavy atom. The van der Waals surface area contributed by atoms with E-state index in [2.05, 4.69) is 13.0 Å². The molecule has 0 heterocycles. The predicted molar refractivity (Wildman–Crippen MR) is 76.2 cm³/mol. The Morgan fingerprint density at radius 2 is 2.17 bits per heavy atom. The van der Waals surface area contributed by atoms with Gasteiger partial charge in [0.1, 0.15) is 18.5 Å². The Hall–Kier alpha value is -1.02. The molecule has 102 valence electrons. The van der Waals surface area contributed by atoms with E-state index in [9.17, 15) is 5.11 Å². The first-order chi connectivity index (χ1) is 8.67. The van der Waals surface area contributed by atoms with Crippen LogP contribution >= 0.6 is 0 Å². The average Bonchev–Trinajstić information content (AvgIpc) is 2.77. The fourth-order valence-electron chi connectivity index (χ4n) is 2.36. The van der Waals surface area contributed by atoms with Gasteiger partial charge >= 0.3 is 0 Å². The molecule has 1 aliphatic carbocycles. The number of aliphatic hydroxyl groups excluding tert-OH is 1. The van der Waals surface area contributed by atoms with Crippen LogP contribution in [0.5, 0.6) is 0 Å². The van der Waals surface area contributed by atoms with Gasteiger partial charge in [0.05, 0.1) is 0 Å². The summed E-state index contributed by atoms with van der Waals surface area (Å²) in [5, 5.41) is 9.85. The van der Waals surface area contributed by atoms with Crippen molar-refractivity contribution in [3.63, 3.8) is 0 Å². The van der Waals surface area contributed by atoms with Crippen LogP contribution in [0, 0.1) is 11.8 Å². The molecule has 0 amide bonds. The standard InChI is InChI=1S/C16H26O2/c1-4-7-16(5-2)18-12-15(17)11-10-14-9-6-8-13(14)3/h4-5,7,10-11,13-15,17H,6,8-9,12H2,1-3H3/b7-4-,11-10+,16-5+/t13?,14-,15?/m0/s1. The number of hydrogen-bond donors (Lipinski definition) is 1. The fraction of sp³-hybridized carbons (Fsp3) is 0.625. The highest BCUT2D eigenvalue weighted by Gasteiger charge is 2.20. The van der Waals surface area contributed by atoms with E-state index in [4.69, 9.17) is 4.74 Å². The third-order valence-electron chi connectivity index (χ3n) is 3.54. The normalized spacial score (nSPS) is 27.2. The van der Waals surface area contributed by atoms with Crippen LogP contribution in [-0.2, 0) is 4.74 Å². The largest absolute Gasteiger partial charge is 0.491 e. The van der Waals surface area contributed by atoms with Crippen LogP contribution < -0.4 is 0 Å². The third-order valence-corrected chi connectivity index (χ3v) is 3.54. The predicted octanol–water partition coefficient (Wildman–Crippen LogP) is 3.84. The molecule has 2 heteroatoms. The third kappa shape index (κ3) is 5.09. The van der Waals surface area contributed by atoms with E-state index in [1.54, 1.807) is 0 Å². The number of ether oxygens (including phenoxy) is 1. The van der Waals surface area contributed by atoms with Gasteiger partial charge in [0.2, 0.25) is 0 Å².